The van der Waals surface area contributed by atoms with Crippen LogP contribution in [0, 0.1) is 0 Å². The van der Waals surface area contributed by atoms with Crippen LogP contribution >= 0.6 is 11.3 Å². The molecule has 0 unspecified atom stereocenters. The van der Waals surface area contributed by atoms with E-state index in [9.17, 15) is 9.90 Å². The Bertz CT molecular complexity index is 487. The highest BCUT2D eigenvalue weighted by atomic mass is 32.1. The topological polar surface area (TPSA) is 46.5 Å². The number of aromatic hydroxyl groups is 1. The van der Waals surface area contributed by atoms with E-state index in [1.54, 1.807) is 23.6 Å². The standard InChI is InChI=1S/C10H8O3S/c1-13-10(12)7-5-14-9-6(7)3-2-4-8(9)11/h2-5,11H,1H3. The number of thiophene rings is 1. The first-order valence-electron chi connectivity index (χ1n) is 4.01. The number of benzene rings is 1. The second-order valence-electron chi connectivity index (χ2n) is 2.79. The van der Waals surface area contributed by atoms with Crippen molar-refractivity contribution in [2.45, 2.75) is 0 Å². The van der Waals surface area contributed by atoms with Gasteiger partial charge in [-0.3, -0.25) is 0 Å². The van der Waals surface area contributed by atoms with Crippen LogP contribution in [0.5, 0.6) is 5.75 Å². The summed E-state index contributed by atoms with van der Waals surface area (Å²) in [7, 11) is 1.34. The summed E-state index contributed by atoms with van der Waals surface area (Å²) in [6.45, 7) is 0. The number of carbonyl (C=O) groups is 1. The summed E-state index contributed by atoms with van der Waals surface area (Å²) >= 11 is 1.33. The Morgan fingerprint density at radius 2 is 2.29 bits per heavy atom. The van der Waals surface area contributed by atoms with Gasteiger partial charge >= 0.3 is 5.97 Å². The second-order valence-corrected chi connectivity index (χ2v) is 3.67. The van der Waals surface area contributed by atoms with Gasteiger partial charge in [0, 0.05) is 10.8 Å². The average Bonchev–Trinajstić information content (AvgIpc) is 2.62. The second kappa shape index (κ2) is 3.31. The van der Waals surface area contributed by atoms with E-state index in [1.807, 2.05) is 0 Å². The molecule has 1 aromatic heterocycles. The van der Waals surface area contributed by atoms with Crippen LogP contribution in [0.3, 0.4) is 0 Å². The van der Waals surface area contributed by atoms with E-state index in [0.29, 0.717) is 10.3 Å². The summed E-state index contributed by atoms with van der Waals surface area (Å²) in [6, 6.07) is 5.09. The van der Waals surface area contributed by atoms with Gasteiger partial charge in [0.05, 0.1) is 17.4 Å². The van der Waals surface area contributed by atoms with Gasteiger partial charge in [0.2, 0.25) is 0 Å². The highest BCUT2D eigenvalue weighted by molar-refractivity contribution is 7.18. The number of hydrogen-bond donors (Lipinski definition) is 1. The van der Waals surface area contributed by atoms with E-state index in [-0.39, 0.29) is 11.7 Å². The van der Waals surface area contributed by atoms with Crippen molar-refractivity contribution in [2.24, 2.45) is 0 Å². The minimum Gasteiger partial charge on any atom is -0.506 e. The monoisotopic (exact) mass is 208 g/mol. The van der Waals surface area contributed by atoms with E-state index in [1.165, 1.54) is 18.4 Å². The Morgan fingerprint density at radius 3 is 3.00 bits per heavy atom. The van der Waals surface area contributed by atoms with Crippen molar-refractivity contribution < 1.29 is 14.6 Å². The highest BCUT2D eigenvalue weighted by Crippen LogP contribution is 2.32. The molecule has 0 atom stereocenters. The Morgan fingerprint density at radius 1 is 1.50 bits per heavy atom. The fraction of sp³-hybridized carbons (Fsp3) is 0.100. The summed E-state index contributed by atoms with van der Waals surface area (Å²) in [5, 5.41) is 11.9. The van der Waals surface area contributed by atoms with Crippen molar-refractivity contribution in [1.82, 2.24) is 0 Å². The molecule has 0 fully saturated rings. The third kappa shape index (κ3) is 1.24. The van der Waals surface area contributed by atoms with Gasteiger partial charge < -0.3 is 9.84 Å². The fourth-order valence-corrected chi connectivity index (χ4v) is 2.26. The third-order valence-corrected chi connectivity index (χ3v) is 3.00. The summed E-state index contributed by atoms with van der Waals surface area (Å²) in [5.74, 6) is -0.176. The number of methoxy groups -OCH3 is 1. The van der Waals surface area contributed by atoms with Crippen LogP contribution in [0.25, 0.3) is 10.1 Å². The molecule has 0 saturated heterocycles. The molecule has 4 heteroatoms. The van der Waals surface area contributed by atoms with Crippen molar-refractivity contribution in [3.63, 3.8) is 0 Å². The SMILES string of the molecule is COC(=O)c1csc2c(O)cccc12. The molecule has 0 aliphatic rings. The molecule has 0 amide bonds. The molecule has 72 valence electrons. The molecule has 0 aliphatic heterocycles. The van der Waals surface area contributed by atoms with Crippen molar-refractivity contribution in [1.29, 1.82) is 0 Å². The predicted molar refractivity (Wildman–Crippen MR) is 54.8 cm³/mol. The molecule has 0 saturated carbocycles. The molecule has 14 heavy (non-hydrogen) atoms. The van der Waals surface area contributed by atoms with Gasteiger partial charge in [-0.15, -0.1) is 11.3 Å². The zero-order valence-electron chi connectivity index (χ0n) is 7.48. The van der Waals surface area contributed by atoms with Crippen LogP contribution in [0.15, 0.2) is 23.6 Å². The number of carbonyl (C=O) groups excluding carboxylic acids is 1. The average molecular weight is 208 g/mol. The van der Waals surface area contributed by atoms with Gasteiger partial charge in [0.1, 0.15) is 5.75 Å². The summed E-state index contributed by atoms with van der Waals surface area (Å²) < 4.78 is 5.34. The zero-order valence-corrected chi connectivity index (χ0v) is 8.30. The molecule has 1 heterocycles. The first kappa shape index (κ1) is 9.02. The normalized spacial score (nSPS) is 10.4. The largest absolute Gasteiger partial charge is 0.506 e. The first-order valence-corrected chi connectivity index (χ1v) is 4.89. The predicted octanol–water partition coefficient (Wildman–Crippen LogP) is 2.39. The number of phenols is 1. The summed E-state index contributed by atoms with van der Waals surface area (Å²) in [5.41, 5.74) is 0.503. The lowest BCUT2D eigenvalue weighted by Gasteiger charge is -1.97. The Kier molecular flexibility index (Phi) is 2.13. The van der Waals surface area contributed by atoms with Crippen molar-refractivity contribution >= 4 is 27.4 Å². The Balaban J connectivity index is 2.70. The van der Waals surface area contributed by atoms with Gasteiger partial charge in [-0.1, -0.05) is 12.1 Å². The van der Waals surface area contributed by atoms with Crippen LogP contribution in [-0.4, -0.2) is 18.2 Å². The lowest BCUT2D eigenvalue weighted by molar-refractivity contribution is 0.0603. The molecule has 0 aliphatic carbocycles. The van der Waals surface area contributed by atoms with Gasteiger partial charge in [-0.05, 0) is 6.07 Å². The molecule has 2 aromatic rings. The molecular formula is C10H8O3S. The highest BCUT2D eigenvalue weighted by Gasteiger charge is 2.13. The van der Waals surface area contributed by atoms with Crippen LogP contribution < -0.4 is 0 Å². The summed E-state index contributed by atoms with van der Waals surface area (Å²) in [6.07, 6.45) is 0. The summed E-state index contributed by atoms with van der Waals surface area (Å²) in [4.78, 5) is 11.3. The van der Waals surface area contributed by atoms with Gasteiger partial charge in [0.25, 0.3) is 0 Å². The van der Waals surface area contributed by atoms with Crippen LogP contribution in [-0.2, 0) is 4.74 Å². The maximum Gasteiger partial charge on any atom is 0.339 e. The van der Waals surface area contributed by atoms with E-state index in [2.05, 4.69) is 4.74 Å². The Labute approximate surface area is 84.6 Å². The minimum absolute atomic E-state index is 0.197. The van der Waals surface area contributed by atoms with Crippen molar-refractivity contribution in [3.8, 4) is 5.75 Å². The molecule has 0 bridgehead atoms. The van der Waals surface area contributed by atoms with E-state index in [0.717, 1.165) is 5.39 Å². The van der Waals surface area contributed by atoms with E-state index < -0.39 is 0 Å². The molecule has 0 spiro atoms. The molecule has 0 radical (unpaired) electrons. The number of hydrogen-bond acceptors (Lipinski definition) is 4. The number of fused-ring (bicyclic) bond motifs is 1. The van der Waals surface area contributed by atoms with Crippen LogP contribution in [0.2, 0.25) is 0 Å². The molecular weight excluding hydrogens is 200 g/mol. The number of esters is 1. The molecule has 2 rings (SSSR count). The Hall–Kier alpha value is -1.55. The smallest absolute Gasteiger partial charge is 0.339 e. The molecule has 1 aromatic carbocycles. The lowest BCUT2D eigenvalue weighted by Crippen LogP contribution is -1.99. The maximum absolute atomic E-state index is 11.3. The van der Waals surface area contributed by atoms with Gasteiger partial charge in [0.15, 0.2) is 0 Å². The lowest BCUT2D eigenvalue weighted by atomic mass is 10.2. The quantitative estimate of drug-likeness (QED) is 0.732. The van der Waals surface area contributed by atoms with Crippen molar-refractivity contribution in [2.75, 3.05) is 7.11 Å². The van der Waals surface area contributed by atoms with E-state index >= 15 is 0 Å². The minimum atomic E-state index is -0.373. The van der Waals surface area contributed by atoms with Gasteiger partial charge in [-0.25, -0.2) is 4.79 Å². The number of rotatable bonds is 1. The van der Waals surface area contributed by atoms with Gasteiger partial charge in [-0.2, -0.15) is 0 Å². The number of ether oxygens (including phenoxy) is 1. The first-order chi connectivity index (χ1) is 6.74. The number of phenolic OH excluding ortho intramolecular Hbond substituents is 1. The third-order valence-electron chi connectivity index (χ3n) is 1.98. The van der Waals surface area contributed by atoms with E-state index in [4.69, 9.17) is 0 Å². The fourth-order valence-electron chi connectivity index (χ4n) is 1.31. The maximum atomic E-state index is 11.3. The van der Waals surface area contributed by atoms with Crippen molar-refractivity contribution in [3.05, 3.63) is 29.1 Å². The molecule has 1 N–H and O–H groups in total. The molecule has 3 nitrogen and oxygen atoms in total. The van der Waals surface area contributed by atoms with Crippen LogP contribution in [0.4, 0.5) is 0 Å². The zero-order chi connectivity index (χ0) is 10.1. The van der Waals surface area contributed by atoms with Crippen LogP contribution in [0.1, 0.15) is 10.4 Å².